The highest BCUT2D eigenvalue weighted by Gasteiger charge is 2.06. The number of aryl methyl sites for hydroxylation is 1. The highest BCUT2D eigenvalue weighted by atomic mass is 14.8. The Balaban J connectivity index is 2.23. The van der Waals surface area contributed by atoms with Crippen LogP contribution in [0.15, 0.2) is 48.7 Å². The average Bonchev–Trinajstić information content (AvgIpc) is 2.45. The van der Waals surface area contributed by atoms with Gasteiger partial charge in [-0.25, -0.2) is 9.97 Å². The van der Waals surface area contributed by atoms with Crippen LogP contribution in [-0.4, -0.2) is 15.0 Å². The van der Waals surface area contributed by atoms with Crippen LogP contribution in [0.3, 0.4) is 0 Å². The van der Waals surface area contributed by atoms with Gasteiger partial charge in [0.05, 0.1) is 22.1 Å². The van der Waals surface area contributed by atoms with Gasteiger partial charge in [-0.2, -0.15) is 0 Å². The van der Waals surface area contributed by atoms with Crippen LogP contribution < -0.4 is 0 Å². The number of rotatable bonds is 0. The van der Waals surface area contributed by atoms with Gasteiger partial charge >= 0.3 is 0 Å². The first-order chi connectivity index (χ1) is 9.31. The maximum atomic E-state index is 4.74. The predicted molar refractivity (Wildman–Crippen MR) is 77.1 cm³/mol. The van der Waals surface area contributed by atoms with E-state index in [1.165, 1.54) is 5.56 Å². The lowest BCUT2D eigenvalue weighted by Gasteiger charge is -2.04. The van der Waals surface area contributed by atoms with Gasteiger partial charge in [-0.1, -0.05) is 18.2 Å². The van der Waals surface area contributed by atoms with Crippen molar-refractivity contribution in [1.82, 2.24) is 15.0 Å². The molecule has 0 aliphatic rings. The normalized spacial score (nSPS) is 11.4. The molecule has 3 heteroatoms. The number of nitrogens with zero attached hydrogens (tertiary/aromatic N) is 3. The lowest BCUT2D eigenvalue weighted by atomic mass is 10.1. The predicted octanol–water partition coefficient (Wildman–Crippen LogP) is 3.64. The van der Waals surface area contributed by atoms with E-state index < -0.39 is 0 Å². The van der Waals surface area contributed by atoms with E-state index in [1.54, 1.807) is 6.20 Å². The summed E-state index contributed by atoms with van der Waals surface area (Å²) in [5.41, 5.74) is 5.71. The largest absolute Gasteiger partial charge is 0.254 e. The summed E-state index contributed by atoms with van der Waals surface area (Å²) >= 11 is 0. The van der Waals surface area contributed by atoms with Crippen molar-refractivity contribution in [2.24, 2.45) is 0 Å². The molecule has 0 radical (unpaired) electrons. The Morgan fingerprint density at radius 1 is 0.789 bits per heavy atom. The molecule has 0 atom stereocenters. The number of hydrogen-bond acceptors (Lipinski definition) is 3. The van der Waals surface area contributed by atoms with Gasteiger partial charge in [-0.3, -0.25) is 4.98 Å². The van der Waals surface area contributed by atoms with Crippen molar-refractivity contribution < 1.29 is 0 Å². The molecule has 0 saturated heterocycles. The van der Waals surface area contributed by atoms with E-state index in [9.17, 15) is 0 Å². The molecule has 0 fully saturated rings. The van der Waals surface area contributed by atoms with Crippen molar-refractivity contribution in [3.63, 3.8) is 0 Å². The van der Waals surface area contributed by atoms with E-state index in [0.717, 1.165) is 33.0 Å². The fourth-order valence-electron chi connectivity index (χ4n) is 2.39. The molecule has 0 spiro atoms. The first-order valence-corrected chi connectivity index (χ1v) is 6.23. The second-order valence-corrected chi connectivity index (χ2v) is 4.72. The molecular formula is C16H11N3. The van der Waals surface area contributed by atoms with E-state index in [1.807, 2.05) is 30.3 Å². The maximum absolute atomic E-state index is 4.74. The molecule has 0 aliphatic carbocycles. The Morgan fingerprint density at radius 3 is 2.63 bits per heavy atom. The van der Waals surface area contributed by atoms with Crippen LogP contribution in [0.2, 0.25) is 0 Å². The van der Waals surface area contributed by atoms with Gasteiger partial charge in [-0.15, -0.1) is 0 Å². The summed E-state index contributed by atoms with van der Waals surface area (Å²) in [6.45, 7) is 2.06. The van der Waals surface area contributed by atoms with Crippen LogP contribution in [0.1, 0.15) is 5.56 Å². The van der Waals surface area contributed by atoms with Crippen molar-refractivity contribution in [3.05, 3.63) is 54.2 Å². The van der Waals surface area contributed by atoms with Gasteiger partial charge in [0, 0.05) is 11.6 Å². The quantitative estimate of drug-likeness (QED) is 0.350. The Morgan fingerprint density at radius 2 is 1.68 bits per heavy atom. The number of aromatic nitrogens is 3. The van der Waals surface area contributed by atoms with E-state index >= 15 is 0 Å². The Bertz CT molecular complexity index is 929. The number of pyridine rings is 1. The van der Waals surface area contributed by atoms with E-state index in [4.69, 9.17) is 4.98 Å². The molecule has 2 aromatic heterocycles. The topological polar surface area (TPSA) is 38.7 Å². The molecule has 90 valence electrons. The monoisotopic (exact) mass is 245 g/mol. The van der Waals surface area contributed by atoms with Crippen molar-refractivity contribution in [1.29, 1.82) is 0 Å². The molecule has 0 unspecified atom stereocenters. The molecule has 0 N–H and O–H groups in total. The SMILES string of the molecule is Cc1ccc2nc3ccc4cccnc4c3nc2c1. The fourth-order valence-corrected chi connectivity index (χ4v) is 2.39. The van der Waals surface area contributed by atoms with Gasteiger partial charge in [0.15, 0.2) is 0 Å². The first-order valence-electron chi connectivity index (χ1n) is 6.23. The molecule has 19 heavy (non-hydrogen) atoms. The van der Waals surface area contributed by atoms with Crippen molar-refractivity contribution in [3.8, 4) is 0 Å². The van der Waals surface area contributed by atoms with Gasteiger partial charge < -0.3 is 0 Å². The molecule has 4 rings (SSSR count). The lowest BCUT2D eigenvalue weighted by molar-refractivity contribution is 1.35. The third-order valence-electron chi connectivity index (χ3n) is 3.33. The van der Waals surface area contributed by atoms with Gasteiger partial charge in [-0.05, 0) is 36.8 Å². The molecule has 0 amide bonds. The minimum Gasteiger partial charge on any atom is -0.254 e. The molecule has 0 saturated carbocycles. The third kappa shape index (κ3) is 1.55. The van der Waals surface area contributed by atoms with Gasteiger partial charge in [0.25, 0.3) is 0 Å². The summed E-state index contributed by atoms with van der Waals surface area (Å²) in [4.78, 5) is 13.8. The van der Waals surface area contributed by atoms with Crippen LogP contribution in [-0.2, 0) is 0 Å². The summed E-state index contributed by atoms with van der Waals surface area (Å²) in [7, 11) is 0. The third-order valence-corrected chi connectivity index (χ3v) is 3.33. The van der Waals surface area contributed by atoms with E-state index in [-0.39, 0.29) is 0 Å². The molecule has 3 nitrogen and oxygen atoms in total. The summed E-state index contributed by atoms with van der Waals surface area (Å²) in [6, 6.07) is 14.2. The summed E-state index contributed by atoms with van der Waals surface area (Å²) in [5.74, 6) is 0. The number of fused-ring (bicyclic) bond motifs is 4. The van der Waals surface area contributed by atoms with E-state index in [2.05, 4.69) is 29.0 Å². The van der Waals surface area contributed by atoms with Crippen LogP contribution in [0.4, 0.5) is 0 Å². The van der Waals surface area contributed by atoms with Gasteiger partial charge in [0.2, 0.25) is 0 Å². The second-order valence-electron chi connectivity index (χ2n) is 4.72. The van der Waals surface area contributed by atoms with Crippen LogP contribution in [0, 0.1) is 6.92 Å². The molecule has 0 aliphatic heterocycles. The van der Waals surface area contributed by atoms with Crippen molar-refractivity contribution >= 4 is 33.0 Å². The maximum Gasteiger partial charge on any atom is 0.116 e. The molecule has 2 aromatic carbocycles. The Kier molecular flexibility index (Phi) is 2.03. The Hall–Kier alpha value is -2.55. The zero-order valence-electron chi connectivity index (χ0n) is 10.5. The van der Waals surface area contributed by atoms with Crippen LogP contribution in [0.25, 0.3) is 33.0 Å². The smallest absolute Gasteiger partial charge is 0.116 e. The lowest BCUT2D eigenvalue weighted by Crippen LogP contribution is -1.90. The number of hydrogen-bond donors (Lipinski definition) is 0. The van der Waals surface area contributed by atoms with Crippen molar-refractivity contribution in [2.45, 2.75) is 6.92 Å². The molecule has 0 bridgehead atoms. The highest BCUT2D eigenvalue weighted by molar-refractivity contribution is 6.03. The molecular weight excluding hydrogens is 234 g/mol. The first kappa shape index (κ1) is 10.4. The Labute approximate surface area is 110 Å². The molecule has 2 heterocycles. The van der Waals surface area contributed by atoms with E-state index in [0.29, 0.717) is 0 Å². The summed E-state index contributed by atoms with van der Waals surface area (Å²) in [6.07, 6.45) is 1.80. The zero-order valence-corrected chi connectivity index (χ0v) is 10.5. The van der Waals surface area contributed by atoms with Crippen LogP contribution >= 0.6 is 0 Å². The highest BCUT2D eigenvalue weighted by Crippen LogP contribution is 2.23. The summed E-state index contributed by atoms with van der Waals surface area (Å²) in [5, 5.41) is 1.09. The summed E-state index contributed by atoms with van der Waals surface area (Å²) < 4.78 is 0. The minimum absolute atomic E-state index is 0.871. The number of benzene rings is 2. The van der Waals surface area contributed by atoms with Gasteiger partial charge in [0.1, 0.15) is 5.52 Å². The molecule has 4 aromatic rings. The van der Waals surface area contributed by atoms with Crippen LogP contribution in [0.5, 0.6) is 0 Å². The average molecular weight is 245 g/mol. The zero-order chi connectivity index (χ0) is 12.8. The fraction of sp³-hybridized carbons (Fsp3) is 0.0625. The second kappa shape index (κ2) is 3.72. The minimum atomic E-state index is 0.871. The van der Waals surface area contributed by atoms with Crippen molar-refractivity contribution in [2.75, 3.05) is 0 Å². The standard InChI is InChI=1S/C16H11N3/c1-10-4-6-12-14(9-10)19-16-13(18-12)7-5-11-3-2-8-17-15(11)16/h2-9H,1H3.